The summed E-state index contributed by atoms with van der Waals surface area (Å²) in [6.45, 7) is 0. The number of aliphatic hydroxyl groups excluding tert-OH is 1. The number of hydrogen-bond donors (Lipinski definition) is 1. The molecule has 10 heavy (non-hydrogen) atoms. The first kappa shape index (κ1) is 8.01. The quantitative estimate of drug-likeness (QED) is 0.628. The first-order valence-corrected chi connectivity index (χ1v) is 4.66. The fourth-order valence-corrected chi connectivity index (χ4v) is 1.27. The summed E-state index contributed by atoms with van der Waals surface area (Å²) in [6.07, 6.45) is -0.304. The maximum absolute atomic E-state index is 9.32. The van der Waals surface area contributed by atoms with Gasteiger partial charge in [-0.15, -0.1) is 0 Å². The highest BCUT2D eigenvalue weighted by Crippen LogP contribution is 2.13. The van der Waals surface area contributed by atoms with Crippen LogP contribution in [0, 0.1) is 0 Å². The zero-order valence-electron chi connectivity index (χ0n) is 5.50. The van der Waals surface area contributed by atoms with Crippen molar-refractivity contribution in [3.05, 3.63) is 35.9 Å². The van der Waals surface area contributed by atoms with Crippen LogP contribution in [0.25, 0.3) is 0 Å². The summed E-state index contributed by atoms with van der Waals surface area (Å²) in [5.74, 6) is 0. The van der Waals surface area contributed by atoms with E-state index in [0.717, 1.165) is 9.99 Å². The van der Waals surface area contributed by atoms with E-state index in [-0.39, 0.29) is 6.10 Å². The van der Waals surface area contributed by atoms with Gasteiger partial charge in [0.25, 0.3) is 0 Å². The second-order valence-electron chi connectivity index (χ2n) is 2.08. The van der Waals surface area contributed by atoms with Crippen LogP contribution in [0.4, 0.5) is 0 Å². The largest absolute Gasteiger partial charge is 0.388 e. The van der Waals surface area contributed by atoms with Crippen LogP contribution >= 0.6 is 22.6 Å². The minimum absolute atomic E-state index is 0.304. The van der Waals surface area contributed by atoms with Crippen molar-refractivity contribution in [3.8, 4) is 0 Å². The summed E-state index contributed by atoms with van der Waals surface area (Å²) >= 11 is 2.17. The molecule has 0 unspecified atom stereocenters. The number of aliphatic hydroxyl groups is 1. The summed E-state index contributed by atoms with van der Waals surface area (Å²) in [4.78, 5) is 0. The highest BCUT2D eigenvalue weighted by atomic mass is 127. The Bertz CT molecular complexity index is 186. The Morgan fingerprint density at radius 2 is 1.90 bits per heavy atom. The maximum atomic E-state index is 9.32. The lowest BCUT2D eigenvalue weighted by Gasteiger charge is -2.04. The average Bonchev–Trinajstić information content (AvgIpc) is 2.05. The third kappa shape index (κ3) is 1.95. The molecular weight excluding hydrogens is 239 g/mol. The lowest BCUT2D eigenvalue weighted by Crippen LogP contribution is -1.96. The normalized spacial score (nSPS) is 13.0. The van der Waals surface area contributed by atoms with Gasteiger partial charge in [0.1, 0.15) is 0 Å². The molecule has 0 aliphatic rings. The summed E-state index contributed by atoms with van der Waals surface area (Å²) in [5.41, 5.74) is 0.997. The SMILES string of the molecule is O[C@H](CI)c1ccccc1. The number of benzene rings is 1. The van der Waals surface area contributed by atoms with E-state index in [1.807, 2.05) is 30.3 Å². The van der Waals surface area contributed by atoms with Crippen LogP contribution in [0.2, 0.25) is 0 Å². The van der Waals surface area contributed by atoms with E-state index < -0.39 is 0 Å². The summed E-state index contributed by atoms with van der Waals surface area (Å²) in [7, 11) is 0. The predicted octanol–water partition coefficient (Wildman–Crippen LogP) is 2.16. The third-order valence-corrected chi connectivity index (χ3v) is 2.16. The fourth-order valence-electron chi connectivity index (χ4n) is 0.764. The Labute approximate surface area is 74.2 Å². The van der Waals surface area contributed by atoms with Crippen molar-refractivity contribution >= 4 is 22.6 Å². The Hall–Kier alpha value is -0.0900. The molecule has 0 aliphatic heterocycles. The molecule has 1 N–H and O–H groups in total. The average molecular weight is 248 g/mol. The molecule has 0 heterocycles. The van der Waals surface area contributed by atoms with Crippen molar-refractivity contribution in [3.63, 3.8) is 0 Å². The smallest absolute Gasteiger partial charge is 0.0879 e. The molecule has 1 atom stereocenters. The Kier molecular flexibility index (Phi) is 3.15. The highest BCUT2D eigenvalue weighted by molar-refractivity contribution is 14.1. The van der Waals surface area contributed by atoms with E-state index in [2.05, 4.69) is 22.6 Å². The van der Waals surface area contributed by atoms with Gasteiger partial charge in [0.2, 0.25) is 0 Å². The van der Waals surface area contributed by atoms with Gasteiger partial charge in [-0.2, -0.15) is 0 Å². The molecule has 2 heteroatoms. The van der Waals surface area contributed by atoms with Crippen LogP contribution in [0.15, 0.2) is 30.3 Å². The van der Waals surface area contributed by atoms with Gasteiger partial charge in [0.05, 0.1) is 6.10 Å². The van der Waals surface area contributed by atoms with Gasteiger partial charge in [0, 0.05) is 4.43 Å². The molecule has 0 aliphatic carbocycles. The first-order valence-electron chi connectivity index (χ1n) is 3.13. The van der Waals surface area contributed by atoms with Crippen LogP contribution in [0.5, 0.6) is 0 Å². The molecule has 0 spiro atoms. The van der Waals surface area contributed by atoms with Crippen molar-refractivity contribution in [2.45, 2.75) is 6.10 Å². The first-order chi connectivity index (χ1) is 4.84. The number of alkyl halides is 1. The zero-order valence-corrected chi connectivity index (χ0v) is 7.65. The topological polar surface area (TPSA) is 20.2 Å². The van der Waals surface area contributed by atoms with E-state index >= 15 is 0 Å². The standard InChI is InChI=1S/C8H9IO/c9-6-8(10)7-4-2-1-3-5-7/h1-5,8,10H,6H2/t8-/m1/s1. The van der Waals surface area contributed by atoms with Gasteiger partial charge in [-0.1, -0.05) is 52.9 Å². The van der Waals surface area contributed by atoms with Crippen molar-refractivity contribution in [1.29, 1.82) is 0 Å². The molecule has 54 valence electrons. The molecule has 0 amide bonds. The Balaban J connectivity index is 2.75. The second kappa shape index (κ2) is 3.93. The van der Waals surface area contributed by atoms with Crippen LogP contribution in [0.3, 0.4) is 0 Å². The minimum atomic E-state index is -0.304. The Morgan fingerprint density at radius 1 is 1.30 bits per heavy atom. The van der Waals surface area contributed by atoms with Gasteiger partial charge in [-0.05, 0) is 5.56 Å². The predicted molar refractivity (Wildman–Crippen MR) is 50.3 cm³/mol. The molecule has 0 bridgehead atoms. The Morgan fingerprint density at radius 3 is 2.40 bits per heavy atom. The van der Waals surface area contributed by atoms with Gasteiger partial charge < -0.3 is 5.11 Å². The van der Waals surface area contributed by atoms with E-state index in [1.165, 1.54) is 0 Å². The number of rotatable bonds is 2. The molecule has 0 saturated carbocycles. The molecule has 1 nitrogen and oxygen atoms in total. The van der Waals surface area contributed by atoms with Gasteiger partial charge in [-0.25, -0.2) is 0 Å². The van der Waals surface area contributed by atoms with Crippen LogP contribution < -0.4 is 0 Å². The number of halogens is 1. The minimum Gasteiger partial charge on any atom is -0.388 e. The molecule has 0 fully saturated rings. The molecule has 1 rings (SSSR count). The lowest BCUT2D eigenvalue weighted by molar-refractivity contribution is 0.207. The fraction of sp³-hybridized carbons (Fsp3) is 0.250. The van der Waals surface area contributed by atoms with Crippen LogP contribution in [0.1, 0.15) is 11.7 Å². The van der Waals surface area contributed by atoms with E-state index in [9.17, 15) is 5.11 Å². The van der Waals surface area contributed by atoms with E-state index in [1.54, 1.807) is 0 Å². The van der Waals surface area contributed by atoms with Gasteiger partial charge in [-0.3, -0.25) is 0 Å². The van der Waals surface area contributed by atoms with Crippen molar-refractivity contribution in [2.24, 2.45) is 0 Å². The van der Waals surface area contributed by atoms with E-state index in [4.69, 9.17) is 0 Å². The van der Waals surface area contributed by atoms with Crippen molar-refractivity contribution in [1.82, 2.24) is 0 Å². The van der Waals surface area contributed by atoms with Crippen LogP contribution in [-0.4, -0.2) is 9.53 Å². The summed E-state index contributed by atoms with van der Waals surface area (Å²) < 4.78 is 0.752. The third-order valence-electron chi connectivity index (χ3n) is 1.33. The zero-order chi connectivity index (χ0) is 7.40. The molecule has 0 radical (unpaired) electrons. The van der Waals surface area contributed by atoms with Gasteiger partial charge >= 0.3 is 0 Å². The summed E-state index contributed by atoms with van der Waals surface area (Å²) in [6, 6.07) is 9.69. The highest BCUT2D eigenvalue weighted by Gasteiger charge is 2.01. The van der Waals surface area contributed by atoms with Gasteiger partial charge in [0.15, 0.2) is 0 Å². The maximum Gasteiger partial charge on any atom is 0.0879 e. The van der Waals surface area contributed by atoms with E-state index in [0.29, 0.717) is 0 Å². The second-order valence-corrected chi connectivity index (χ2v) is 2.96. The summed E-state index contributed by atoms with van der Waals surface area (Å²) in [5, 5.41) is 9.32. The lowest BCUT2D eigenvalue weighted by atomic mass is 10.1. The molecule has 1 aromatic rings. The van der Waals surface area contributed by atoms with Crippen molar-refractivity contribution in [2.75, 3.05) is 4.43 Å². The molecule has 0 aromatic heterocycles. The number of hydrogen-bond acceptors (Lipinski definition) is 1. The van der Waals surface area contributed by atoms with Crippen LogP contribution in [-0.2, 0) is 0 Å². The van der Waals surface area contributed by atoms with Crippen molar-refractivity contribution < 1.29 is 5.11 Å². The molecule has 1 aromatic carbocycles. The molecular formula is C8H9IO. The molecule has 0 saturated heterocycles. The monoisotopic (exact) mass is 248 g/mol.